The van der Waals surface area contributed by atoms with Crippen LogP contribution in [0.1, 0.15) is 41.0 Å². The van der Waals surface area contributed by atoms with E-state index in [1.807, 2.05) is 26.0 Å². The largest absolute Gasteiger partial charge is 0.466 e. The standard InChI is InChI=1S/C18H34O4Si/c1-9-11-16(22-23(7,8)18(3,4)5)14(2)15(19)12-10-13-17(20)21-6/h9-11,13-16,19H,12H2,1-8H3/b11-9+,13-10+/t14-,15+,16-/m0/s1. The average molecular weight is 343 g/mol. The van der Waals surface area contributed by atoms with Crippen molar-refractivity contribution in [2.45, 2.75) is 71.4 Å². The maximum Gasteiger partial charge on any atom is 0.330 e. The van der Waals surface area contributed by atoms with Crippen LogP contribution in [-0.4, -0.2) is 38.7 Å². The van der Waals surface area contributed by atoms with Gasteiger partial charge in [-0.3, -0.25) is 0 Å². The topological polar surface area (TPSA) is 55.8 Å². The quantitative estimate of drug-likeness (QED) is 0.313. The number of rotatable bonds is 8. The van der Waals surface area contributed by atoms with Gasteiger partial charge >= 0.3 is 5.97 Å². The molecule has 0 radical (unpaired) electrons. The molecule has 0 aromatic carbocycles. The van der Waals surface area contributed by atoms with Crippen molar-refractivity contribution in [1.29, 1.82) is 0 Å². The zero-order chi connectivity index (χ0) is 18.3. The summed E-state index contributed by atoms with van der Waals surface area (Å²) in [6.07, 6.45) is 6.64. The highest BCUT2D eigenvalue weighted by Gasteiger charge is 2.40. The van der Waals surface area contributed by atoms with E-state index in [1.54, 1.807) is 6.08 Å². The molecule has 3 atom stereocenters. The number of aliphatic hydroxyl groups is 1. The summed E-state index contributed by atoms with van der Waals surface area (Å²) in [5.41, 5.74) is 0. The molecule has 23 heavy (non-hydrogen) atoms. The molecule has 0 bridgehead atoms. The molecule has 0 unspecified atom stereocenters. The molecule has 0 heterocycles. The molecule has 0 aliphatic carbocycles. The van der Waals surface area contributed by atoms with Gasteiger partial charge in [0, 0.05) is 12.0 Å². The Morgan fingerprint density at radius 3 is 2.30 bits per heavy atom. The van der Waals surface area contributed by atoms with Crippen molar-refractivity contribution in [3.63, 3.8) is 0 Å². The van der Waals surface area contributed by atoms with E-state index in [2.05, 4.69) is 38.6 Å². The molecule has 0 aliphatic rings. The van der Waals surface area contributed by atoms with Crippen LogP contribution in [0.3, 0.4) is 0 Å². The fourth-order valence-corrected chi connectivity index (χ4v) is 3.16. The van der Waals surface area contributed by atoms with Crippen LogP contribution in [-0.2, 0) is 14.0 Å². The highest BCUT2D eigenvalue weighted by Crippen LogP contribution is 2.38. The Bertz CT molecular complexity index is 421. The third kappa shape index (κ3) is 7.46. The van der Waals surface area contributed by atoms with Gasteiger partial charge in [-0.15, -0.1) is 0 Å². The smallest absolute Gasteiger partial charge is 0.330 e. The summed E-state index contributed by atoms with van der Waals surface area (Å²) >= 11 is 0. The van der Waals surface area contributed by atoms with Gasteiger partial charge in [-0.2, -0.15) is 0 Å². The minimum Gasteiger partial charge on any atom is -0.466 e. The maximum absolute atomic E-state index is 11.1. The fourth-order valence-electron chi connectivity index (χ4n) is 1.83. The van der Waals surface area contributed by atoms with Crippen molar-refractivity contribution in [3.05, 3.63) is 24.3 Å². The highest BCUT2D eigenvalue weighted by molar-refractivity contribution is 6.74. The van der Waals surface area contributed by atoms with Gasteiger partial charge in [-0.25, -0.2) is 4.79 Å². The van der Waals surface area contributed by atoms with Gasteiger partial charge in [0.15, 0.2) is 8.32 Å². The van der Waals surface area contributed by atoms with Gasteiger partial charge in [-0.1, -0.05) is 45.9 Å². The zero-order valence-corrected chi connectivity index (χ0v) is 16.9. The Balaban J connectivity index is 4.95. The summed E-state index contributed by atoms with van der Waals surface area (Å²) in [4.78, 5) is 11.1. The number of carbonyl (C=O) groups excluding carboxylic acids is 1. The first-order chi connectivity index (χ1) is 10.5. The van der Waals surface area contributed by atoms with Crippen LogP contribution in [0.25, 0.3) is 0 Å². The van der Waals surface area contributed by atoms with Gasteiger partial charge in [0.05, 0.1) is 19.3 Å². The van der Waals surface area contributed by atoms with Gasteiger partial charge in [-0.05, 0) is 31.5 Å². The number of methoxy groups -OCH3 is 1. The van der Waals surface area contributed by atoms with E-state index in [0.717, 1.165) is 0 Å². The molecule has 0 rings (SSSR count). The SMILES string of the molecule is C/C=C/[C@H](O[Si](C)(C)C(C)(C)C)[C@@H](C)[C@H](O)C/C=C/C(=O)OC. The predicted octanol–water partition coefficient (Wildman–Crippen LogP) is 4.07. The molecule has 0 spiro atoms. The third-order valence-corrected chi connectivity index (χ3v) is 9.05. The van der Waals surface area contributed by atoms with Crippen LogP contribution in [0.2, 0.25) is 18.1 Å². The molecule has 4 nitrogen and oxygen atoms in total. The first-order valence-electron chi connectivity index (χ1n) is 8.19. The normalized spacial score (nSPS) is 17.4. The number of allylic oxidation sites excluding steroid dienone is 1. The molecule has 134 valence electrons. The van der Waals surface area contributed by atoms with Crippen molar-refractivity contribution in [2.75, 3.05) is 7.11 Å². The molecule has 5 heteroatoms. The number of carbonyl (C=O) groups is 1. The van der Waals surface area contributed by atoms with E-state index < -0.39 is 20.4 Å². The van der Waals surface area contributed by atoms with Crippen LogP contribution >= 0.6 is 0 Å². The Morgan fingerprint density at radius 1 is 1.30 bits per heavy atom. The van der Waals surface area contributed by atoms with Gasteiger partial charge in [0.1, 0.15) is 0 Å². The maximum atomic E-state index is 11.1. The Morgan fingerprint density at radius 2 is 1.87 bits per heavy atom. The summed E-state index contributed by atoms with van der Waals surface area (Å²) in [7, 11) is -0.589. The Kier molecular flexibility index (Phi) is 9.03. The molecule has 1 N–H and O–H groups in total. The first-order valence-corrected chi connectivity index (χ1v) is 11.1. The zero-order valence-electron chi connectivity index (χ0n) is 15.9. The summed E-state index contributed by atoms with van der Waals surface area (Å²) in [5, 5.41) is 10.5. The first kappa shape index (κ1) is 22.1. The summed E-state index contributed by atoms with van der Waals surface area (Å²) < 4.78 is 11.0. The summed E-state index contributed by atoms with van der Waals surface area (Å²) in [5.74, 6) is -0.477. The van der Waals surface area contributed by atoms with Crippen LogP contribution in [0, 0.1) is 5.92 Å². The van der Waals surface area contributed by atoms with Gasteiger partial charge in [0.25, 0.3) is 0 Å². The van der Waals surface area contributed by atoms with Crippen LogP contribution in [0.4, 0.5) is 0 Å². The third-order valence-electron chi connectivity index (χ3n) is 4.58. The number of esters is 1. The van der Waals surface area contributed by atoms with E-state index in [-0.39, 0.29) is 17.1 Å². The molecule has 0 saturated carbocycles. The molecular formula is C18H34O4Si. The average Bonchev–Trinajstić information content (AvgIpc) is 2.44. The van der Waals surface area contributed by atoms with E-state index in [4.69, 9.17) is 4.43 Å². The second-order valence-corrected chi connectivity index (χ2v) is 12.2. The molecule has 0 aromatic heterocycles. The molecule has 0 saturated heterocycles. The lowest BCUT2D eigenvalue weighted by Crippen LogP contribution is -2.46. The number of ether oxygens (including phenoxy) is 1. The molecule has 0 fully saturated rings. The van der Waals surface area contributed by atoms with Crippen molar-refractivity contribution in [1.82, 2.24) is 0 Å². The lowest BCUT2D eigenvalue weighted by Gasteiger charge is -2.40. The number of hydrogen-bond donors (Lipinski definition) is 1. The van der Waals surface area contributed by atoms with Crippen LogP contribution in [0.15, 0.2) is 24.3 Å². The Hall–Kier alpha value is -0.913. The lowest BCUT2D eigenvalue weighted by molar-refractivity contribution is -0.134. The van der Waals surface area contributed by atoms with E-state index in [9.17, 15) is 9.90 Å². The van der Waals surface area contributed by atoms with Crippen molar-refractivity contribution < 1.29 is 19.1 Å². The van der Waals surface area contributed by atoms with Crippen molar-refractivity contribution in [3.8, 4) is 0 Å². The molecule has 0 aromatic rings. The lowest BCUT2D eigenvalue weighted by atomic mass is 9.95. The van der Waals surface area contributed by atoms with E-state index >= 15 is 0 Å². The minimum atomic E-state index is -1.92. The Labute approximate surface area is 142 Å². The highest BCUT2D eigenvalue weighted by atomic mass is 28.4. The molecular weight excluding hydrogens is 308 g/mol. The number of aliphatic hydroxyl groups excluding tert-OH is 1. The minimum absolute atomic E-state index is 0.0670. The summed E-state index contributed by atoms with van der Waals surface area (Å²) in [6.45, 7) is 15.0. The second-order valence-electron chi connectivity index (χ2n) is 7.46. The molecule has 0 aliphatic heterocycles. The van der Waals surface area contributed by atoms with Gasteiger partial charge < -0.3 is 14.3 Å². The van der Waals surface area contributed by atoms with Crippen molar-refractivity contribution in [2.24, 2.45) is 5.92 Å². The summed E-state index contributed by atoms with van der Waals surface area (Å²) in [6, 6.07) is 0. The predicted molar refractivity (Wildman–Crippen MR) is 97.8 cm³/mol. The van der Waals surface area contributed by atoms with Crippen LogP contribution in [0.5, 0.6) is 0 Å². The van der Waals surface area contributed by atoms with E-state index in [1.165, 1.54) is 13.2 Å². The van der Waals surface area contributed by atoms with Crippen molar-refractivity contribution >= 4 is 14.3 Å². The fraction of sp³-hybridized carbons (Fsp3) is 0.722. The monoisotopic (exact) mass is 342 g/mol. The second kappa shape index (κ2) is 9.40. The van der Waals surface area contributed by atoms with Crippen LogP contribution < -0.4 is 0 Å². The number of hydrogen-bond acceptors (Lipinski definition) is 4. The molecule has 0 amide bonds. The van der Waals surface area contributed by atoms with E-state index in [0.29, 0.717) is 6.42 Å². The van der Waals surface area contributed by atoms with Gasteiger partial charge in [0.2, 0.25) is 0 Å².